The minimum Gasteiger partial charge on any atom is -0.372 e. The van der Waals surface area contributed by atoms with Crippen molar-refractivity contribution in [2.75, 3.05) is 49.5 Å². The van der Waals surface area contributed by atoms with Gasteiger partial charge in [0.25, 0.3) is 0 Å². The van der Waals surface area contributed by atoms with Gasteiger partial charge in [-0.2, -0.15) is 0 Å². The van der Waals surface area contributed by atoms with Crippen molar-refractivity contribution in [3.8, 4) is 0 Å². The van der Waals surface area contributed by atoms with Crippen LogP contribution in [0.3, 0.4) is 0 Å². The van der Waals surface area contributed by atoms with Gasteiger partial charge < -0.3 is 20.4 Å². The van der Waals surface area contributed by atoms with Crippen molar-refractivity contribution in [2.24, 2.45) is 5.92 Å². The van der Waals surface area contributed by atoms with Gasteiger partial charge in [0.15, 0.2) is 0 Å². The van der Waals surface area contributed by atoms with Gasteiger partial charge in [0.05, 0.1) is 11.6 Å². The van der Waals surface area contributed by atoms with E-state index in [0.29, 0.717) is 24.7 Å². The van der Waals surface area contributed by atoms with Crippen molar-refractivity contribution in [2.45, 2.75) is 63.3 Å². The molecule has 7 rings (SSSR count). The lowest BCUT2D eigenvalue weighted by Gasteiger charge is -2.38. The van der Waals surface area contributed by atoms with Crippen molar-refractivity contribution in [1.82, 2.24) is 25.5 Å². The second-order valence-corrected chi connectivity index (χ2v) is 12.9. The molecule has 1 unspecified atom stereocenters. The number of rotatable bonds is 7. The number of likely N-dealkylation sites (tertiary alicyclic amines) is 1. The minimum atomic E-state index is -0.204. The lowest BCUT2D eigenvalue weighted by molar-refractivity contribution is -0.134. The van der Waals surface area contributed by atoms with Gasteiger partial charge in [-0.3, -0.25) is 14.9 Å². The zero-order valence-corrected chi connectivity index (χ0v) is 25.4. The molecule has 0 saturated carbocycles. The third-order valence-corrected chi connectivity index (χ3v) is 10.1. The molecule has 3 N–H and O–H groups in total. The molecule has 0 bridgehead atoms. The normalized spacial score (nSPS) is 22.0. The highest BCUT2D eigenvalue weighted by atomic mass is 16.2. The first kappa shape index (κ1) is 28.9. The quantitative estimate of drug-likeness (QED) is 0.345. The SMILES string of the molecule is O=C1CCC(c2ccc(C3CCN(CC4CCN(c5ccc(Nc6ncc7c(n6)CNCC7)cc5)CC4)CC3)cc2)C(=O)N1. The van der Waals surface area contributed by atoms with Gasteiger partial charge in [0, 0.05) is 50.2 Å². The van der Waals surface area contributed by atoms with Crippen LogP contribution in [0.1, 0.15) is 72.7 Å². The first-order chi connectivity index (χ1) is 21.6. The van der Waals surface area contributed by atoms with E-state index in [1.807, 2.05) is 6.20 Å². The van der Waals surface area contributed by atoms with Gasteiger partial charge in [-0.15, -0.1) is 0 Å². The number of carbonyl (C=O) groups is 2. The Morgan fingerprint density at radius 2 is 1.59 bits per heavy atom. The summed E-state index contributed by atoms with van der Waals surface area (Å²) in [5, 5.41) is 9.23. The number of nitrogens with zero attached hydrogens (tertiary/aromatic N) is 4. The monoisotopic (exact) mass is 593 g/mol. The predicted molar refractivity (Wildman–Crippen MR) is 172 cm³/mol. The van der Waals surface area contributed by atoms with E-state index in [4.69, 9.17) is 4.98 Å². The number of carbonyl (C=O) groups excluding carboxylic acids is 2. The largest absolute Gasteiger partial charge is 0.372 e. The maximum absolute atomic E-state index is 12.2. The Bertz CT molecular complexity index is 1460. The number of amides is 2. The molecule has 2 amide bonds. The van der Waals surface area contributed by atoms with E-state index in [-0.39, 0.29) is 17.7 Å². The molecule has 0 aliphatic carbocycles. The fourth-order valence-corrected chi connectivity index (χ4v) is 7.38. The zero-order valence-electron chi connectivity index (χ0n) is 25.4. The van der Waals surface area contributed by atoms with Crippen molar-refractivity contribution in [1.29, 1.82) is 0 Å². The summed E-state index contributed by atoms with van der Waals surface area (Å²) in [6, 6.07) is 17.3. The molecule has 3 aromatic rings. The van der Waals surface area contributed by atoms with Crippen LogP contribution in [0.4, 0.5) is 17.3 Å². The summed E-state index contributed by atoms with van der Waals surface area (Å²) in [4.78, 5) is 38.1. The summed E-state index contributed by atoms with van der Waals surface area (Å²) in [5.74, 6) is 1.48. The molecule has 5 heterocycles. The molecule has 230 valence electrons. The number of fused-ring (bicyclic) bond motifs is 1. The number of hydrogen-bond donors (Lipinski definition) is 3. The second kappa shape index (κ2) is 13.0. The molecule has 2 aromatic carbocycles. The van der Waals surface area contributed by atoms with Crippen molar-refractivity contribution in [3.05, 3.63) is 77.1 Å². The van der Waals surface area contributed by atoms with Crippen LogP contribution in [-0.4, -0.2) is 66.0 Å². The Balaban J connectivity index is 0.845. The number of benzene rings is 2. The molecule has 3 saturated heterocycles. The fraction of sp³-hybridized carbons (Fsp3) is 0.486. The van der Waals surface area contributed by atoms with Gasteiger partial charge in [-0.05, 0) is 111 Å². The second-order valence-electron chi connectivity index (χ2n) is 12.9. The predicted octanol–water partition coefficient (Wildman–Crippen LogP) is 4.48. The number of anilines is 3. The minimum absolute atomic E-state index is 0.158. The van der Waals surface area contributed by atoms with Crippen molar-refractivity contribution >= 4 is 29.1 Å². The van der Waals surface area contributed by atoms with E-state index in [9.17, 15) is 9.59 Å². The Kier molecular flexibility index (Phi) is 8.57. The average molecular weight is 594 g/mol. The maximum atomic E-state index is 12.2. The van der Waals surface area contributed by atoms with Gasteiger partial charge in [0.1, 0.15) is 0 Å². The maximum Gasteiger partial charge on any atom is 0.234 e. The molecule has 3 fully saturated rings. The molecular weight excluding hydrogens is 550 g/mol. The Labute approximate surface area is 259 Å². The molecule has 1 aromatic heterocycles. The van der Waals surface area contributed by atoms with Crippen LogP contribution in [0.5, 0.6) is 0 Å². The number of aromatic nitrogens is 2. The molecule has 0 radical (unpaired) electrons. The lowest BCUT2D eigenvalue weighted by Crippen LogP contribution is -2.41. The van der Waals surface area contributed by atoms with Crippen LogP contribution in [0.15, 0.2) is 54.7 Å². The third-order valence-electron chi connectivity index (χ3n) is 10.1. The first-order valence-corrected chi connectivity index (χ1v) is 16.4. The molecule has 9 heteroatoms. The molecular formula is C35H43N7O2. The lowest BCUT2D eigenvalue weighted by atomic mass is 9.85. The van der Waals surface area contributed by atoms with Crippen LogP contribution in [0.25, 0.3) is 0 Å². The Morgan fingerprint density at radius 3 is 2.34 bits per heavy atom. The van der Waals surface area contributed by atoms with E-state index in [1.54, 1.807) is 0 Å². The molecule has 9 nitrogen and oxygen atoms in total. The molecule has 0 spiro atoms. The smallest absolute Gasteiger partial charge is 0.234 e. The number of piperidine rings is 3. The third kappa shape index (κ3) is 6.64. The first-order valence-electron chi connectivity index (χ1n) is 16.4. The fourth-order valence-electron chi connectivity index (χ4n) is 7.38. The van der Waals surface area contributed by atoms with Crippen molar-refractivity contribution in [3.63, 3.8) is 0 Å². The summed E-state index contributed by atoms with van der Waals surface area (Å²) in [7, 11) is 0. The zero-order chi connectivity index (χ0) is 29.9. The number of imide groups is 1. The summed E-state index contributed by atoms with van der Waals surface area (Å²) >= 11 is 0. The highest BCUT2D eigenvalue weighted by molar-refractivity contribution is 6.00. The highest BCUT2D eigenvalue weighted by Crippen LogP contribution is 2.32. The highest BCUT2D eigenvalue weighted by Gasteiger charge is 2.29. The van der Waals surface area contributed by atoms with Crippen LogP contribution in [0.2, 0.25) is 0 Å². The van der Waals surface area contributed by atoms with Gasteiger partial charge in [0.2, 0.25) is 17.8 Å². The Hall–Kier alpha value is -3.82. The van der Waals surface area contributed by atoms with Crippen LogP contribution in [-0.2, 0) is 22.6 Å². The van der Waals surface area contributed by atoms with Gasteiger partial charge in [-0.25, -0.2) is 9.97 Å². The van der Waals surface area contributed by atoms with Gasteiger partial charge >= 0.3 is 0 Å². The summed E-state index contributed by atoms with van der Waals surface area (Å²) in [5.41, 5.74) is 7.04. The standard InChI is InChI=1S/C35H43N7O2/c43-33-10-9-31(34(44)40-33)27-3-1-25(2-4-27)26-14-17-41(18-15-26)23-24-12-19-42(20-13-24)30-7-5-29(6-8-30)38-35-37-21-28-11-16-36-22-32(28)39-35/h1-8,21,24,26,31,36H,9-20,22-23H2,(H,37,38,39)(H,40,43,44). The number of nitrogens with one attached hydrogen (secondary N) is 3. The Morgan fingerprint density at radius 1 is 0.841 bits per heavy atom. The van der Waals surface area contributed by atoms with E-state index in [0.717, 1.165) is 68.6 Å². The molecule has 4 aliphatic rings. The van der Waals surface area contributed by atoms with Crippen LogP contribution < -0.4 is 20.9 Å². The van der Waals surface area contributed by atoms with E-state index < -0.39 is 0 Å². The number of hydrogen-bond acceptors (Lipinski definition) is 8. The topological polar surface area (TPSA) is 102 Å². The van der Waals surface area contributed by atoms with Crippen LogP contribution >= 0.6 is 0 Å². The van der Waals surface area contributed by atoms with E-state index >= 15 is 0 Å². The molecule has 1 atom stereocenters. The van der Waals surface area contributed by atoms with Crippen molar-refractivity contribution < 1.29 is 9.59 Å². The average Bonchev–Trinajstić information content (AvgIpc) is 3.06. The van der Waals surface area contributed by atoms with E-state index in [2.05, 4.69) is 79.3 Å². The molecule has 4 aliphatic heterocycles. The summed E-state index contributed by atoms with van der Waals surface area (Å²) in [6.07, 6.45) is 8.82. The summed E-state index contributed by atoms with van der Waals surface area (Å²) < 4.78 is 0. The molecule has 44 heavy (non-hydrogen) atoms. The summed E-state index contributed by atoms with van der Waals surface area (Å²) in [6.45, 7) is 7.52. The van der Waals surface area contributed by atoms with Gasteiger partial charge in [-0.1, -0.05) is 24.3 Å². The van der Waals surface area contributed by atoms with E-state index in [1.165, 1.54) is 49.0 Å². The van der Waals surface area contributed by atoms with Crippen LogP contribution in [0, 0.1) is 5.92 Å².